The van der Waals surface area contributed by atoms with Crippen molar-refractivity contribution in [1.82, 2.24) is 34.8 Å². The third-order valence-corrected chi connectivity index (χ3v) is 5.17. The van der Waals surface area contributed by atoms with E-state index in [0.29, 0.717) is 6.54 Å². The molecule has 1 aliphatic heterocycles. The van der Waals surface area contributed by atoms with Crippen molar-refractivity contribution >= 4 is 6.03 Å². The Bertz CT molecular complexity index is 875. The molecule has 4 rings (SSSR count). The van der Waals surface area contributed by atoms with Crippen molar-refractivity contribution in [3.63, 3.8) is 0 Å². The van der Waals surface area contributed by atoms with E-state index in [1.807, 2.05) is 44.6 Å². The zero-order valence-corrected chi connectivity index (χ0v) is 15.8. The first-order valence-electron chi connectivity index (χ1n) is 9.72. The molecule has 0 saturated carbocycles. The van der Waals surface area contributed by atoms with Crippen molar-refractivity contribution < 1.29 is 4.79 Å². The Kier molecular flexibility index (Phi) is 5.65. The van der Waals surface area contributed by atoms with Gasteiger partial charge in [-0.2, -0.15) is 5.10 Å². The van der Waals surface area contributed by atoms with E-state index >= 15 is 0 Å². The van der Waals surface area contributed by atoms with Gasteiger partial charge in [0.05, 0.1) is 19.1 Å². The number of urea groups is 1. The molecule has 0 aliphatic carbocycles. The quantitative estimate of drug-likeness (QED) is 0.682. The maximum atomic E-state index is 12.7. The van der Waals surface area contributed by atoms with Crippen molar-refractivity contribution in [3.05, 3.63) is 66.5 Å². The minimum absolute atomic E-state index is 0.0488. The Morgan fingerprint density at radius 1 is 1.21 bits per heavy atom. The number of carbonyl (C=O) groups excluding carboxylic acids is 1. The predicted octanol–water partition coefficient (Wildman–Crippen LogP) is 2.09. The minimum atomic E-state index is -0.0488. The number of aryl methyl sites for hydroxylation is 2. The van der Waals surface area contributed by atoms with E-state index < -0.39 is 0 Å². The molecule has 8 heteroatoms. The highest BCUT2D eigenvalue weighted by molar-refractivity contribution is 5.74. The van der Waals surface area contributed by atoms with Crippen molar-refractivity contribution in [2.45, 2.75) is 44.9 Å². The van der Waals surface area contributed by atoms with Crippen LogP contribution in [0.3, 0.4) is 0 Å². The molecule has 3 heterocycles. The Balaban J connectivity index is 1.30. The highest BCUT2D eigenvalue weighted by Crippen LogP contribution is 2.18. The fourth-order valence-corrected chi connectivity index (χ4v) is 3.67. The summed E-state index contributed by atoms with van der Waals surface area (Å²) in [5, 5.41) is 15.4. The molecule has 1 aromatic carbocycles. The van der Waals surface area contributed by atoms with Crippen LogP contribution < -0.4 is 5.32 Å². The normalized spacial score (nSPS) is 16.4. The number of benzene rings is 1. The molecule has 0 radical (unpaired) electrons. The first-order chi connectivity index (χ1) is 13.8. The van der Waals surface area contributed by atoms with Gasteiger partial charge in [-0.1, -0.05) is 30.3 Å². The number of rotatable bonds is 7. The Labute approximate surface area is 164 Å². The number of hydrogen-bond acceptors (Lipinski definition) is 4. The van der Waals surface area contributed by atoms with Crippen molar-refractivity contribution in [2.75, 3.05) is 6.54 Å². The zero-order chi connectivity index (χ0) is 19.2. The highest BCUT2D eigenvalue weighted by Gasteiger charge is 2.29. The van der Waals surface area contributed by atoms with Crippen molar-refractivity contribution in [3.8, 4) is 0 Å². The number of amides is 2. The summed E-state index contributed by atoms with van der Waals surface area (Å²) in [7, 11) is 0. The molecule has 0 bridgehead atoms. The lowest BCUT2D eigenvalue weighted by Crippen LogP contribution is -2.44. The van der Waals surface area contributed by atoms with Gasteiger partial charge in [0, 0.05) is 25.5 Å². The average molecular weight is 379 g/mol. The molecule has 1 atom stereocenters. The molecule has 0 unspecified atom stereocenters. The topological polar surface area (TPSA) is 80.9 Å². The second kappa shape index (κ2) is 8.69. The molecule has 1 N–H and O–H groups in total. The van der Waals surface area contributed by atoms with Gasteiger partial charge in [-0.25, -0.2) is 4.79 Å². The molecular weight excluding hydrogens is 354 g/mol. The summed E-state index contributed by atoms with van der Waals surface area (Å²) in [6.07, 6.45) is 8.34. The summed E-state index contributed by atoms with van der Waals surface area (Å²) in [5.74, 6) is 0.770. The van der Waals surface area contributed by atoms with Gasteiger partial charge in [-0.3, -0.25) is 4.68 Å². The number of aromatic nitrogens is 5. The summed E-state index contributed by atoms with van der Waals surface area (Å²) in [5.41, 5.74) is 1.27. The molecule has 2 aromatic heterocycles. The Morgan fingerprint density at radius 3 is 2.93 bits per heavy atom. The van der Waals surface area contributed by atoms with E-state index in [9.17, 15) is 4.79 Å². The van der Waals surface area contributed by atoms with E-state index in [1.54, 1.807) is 12.5 Å². The summed E-state index contributed by atoms with van der Waals surface area (Å²) >= 11 is 0. The van der Waals surface area contributed by atoms with Crippen molar-refractivity contribution in [2.24, 2.45) is 0 Å². The van der Waals surface area contributed by atoms with Gasteiger partial charge in [0.25, 0.3) is 0 Å². The molecule has 1 saturated heterocycles. The van der Waals surface area contributed by atoms with E-state index in [2.05, 4.69) is 32.7 Å². The van der Waals surface area contributed by atoms with Gasteiger partial charge in [0.15, 0.2) is 5.82 Å². The number of carbonyl (C=O) groups is 1. The minimum Gasteiger partial charge on any atom is -0.331 e. The molecule has 8 nitrogen and oxygen atoms in total. The van der Waals surface area contributed by atoms with Crippen LogP contribution >= 0.6 is 0 Å². The van der Waals surface area contributed by atoms with E-state index in [1.165, 1.54) is 5.56 Å². The van der Waals surface area contributed by atoms with Gasteiger partial charge >= 0.3 is 6.03 Å². The lowest BCUT2D eigenvalue weighted by atomic mass is 10.1. The second-order valence-corrected chi connectivity index (χ2v) is 7.05. The molecule has 146 valence electrons. The molecule has 1 aliphatic rings. The largest absolute Gasteiger partial charge is 0.331 e. The Morgan fingerprint density at radius 2 is 2.11 bits per heavy atom. The molecule has 1 fully saturated rings. The zero-order valence-electron chi connectivity index (χ0n) is 15.8. The first-order valence-corrected chi connectivity index (χ1v) is 9.72. The van der Waals surface area contributed by atoms with Crippen molar-refractivity contribution in [1.29, 1.82) is 0 Å². The standard InChI is InChI=1S/C20H25N7O/c28-20(27-12-4-8-18(27)15-26-11-5-10-23-26)21-14-19-24-22-16-25(19)13-9-17-6-2-1-3-7-17/h1-3,5-7,10-11,16,18H,4,8-9,12-15H2,(H,21,28)/t18-/m0/s1. The highest BCUT2D eigenvalue weighted by atomic mass is 16.2. The Hall–Kier alpha value is -3.16. The van der Waals surface area contributed by atoms with Crippen LogP contribution in [0, 0.1) is 0 Å². The summed E-state index contributed by atoms with van der Waals surface area (Å²) in [6.45, 7) is 2.67. The molecule has 2 amide bonds. The summed E-state index contributed by atoms with van der Waals surface area (Å²) < 4.78 is 3.88. The van der Waals surface area contributed by atoms with E-state index in [4.69, 9.17) is 0 Å². The van der Waals surface area contributed by atoms with Crippen LogP contribution in [0.1, 0.15) is 24.2 Å². The third kappa shape index (κ3) is 4.39. The van der Waals surface area contributed by atoms with Crippen LogP contribution in [0.15, 0.2) is 55.1 Å². The average Bonchev–Trinajstić information content (AvgIpc) is 3.48. The monoisotopic (exact) mass is 379 g/mol. The van der Waals surface area contributed by atoms with Gasteiger partial charge in [0.2, 0.25) is 0 Å². The van der Waals surface area contributed by atoms with E-state index in [-0.39, 0.29) is 12.1 Å². The lowest BCUT2D eigenvalue weighted by Gasteiger charge is -2.25. The molecule has 3 aromatic rings. The van der Waals surface area contributed by atoms with Gasteiger partial charge in [-0.15, -0.1) is 10.2 Å². The first kappa shape index (κ1) is 18.2. The molecule has 0 spiro atoms. The fourth-order valence-electron chi connectivity index (χ4n) is 3.67. The number of likely N-dealkylation sites (tertiary alicyclic amines) is 1. The molecule has 28 heavy (non-hydrogen) atoms. The summed E-state index contributed by atoms with van der Waals surface area (Å²) in [4.78, 5) is 14.6. The van der Waals surface area contributed by atoms with Crippen LogP contribution in [-0.4, -0.2) is 48.1 Å². The van der Waals surface area contributed by atoms with Crippen LogP contribution in [0.25, 0.3) is 0 Å². The third-order valence-electron chi connectivity index (χ3n) is 5.17. The van der Waals surface area contributed by atoms with Gasteiger partial charge in [-0.05, 0) is 30.9 Å². The molecular formula is C20H25N7O. The maximum Gasteiger partial charge on any atom is 0.318 e. The SMILES string of the molecule is O=C(NCc1nncn1CCc1ccccc1)N1CCC[C@H]1Cn1cccn1. The lowest BCUT2D eigenvalue weighted by molar-refractivity contribution is 0.185. The number of hydrogen-bond donors (Lipinski definition) is 1. The van der Waals surface area contributed by atoms with Crippen LogP contribution in [0.2, 0.25) is 0 Å². The number of nitrogens with one attached hydrogen (secondary N) is 1. The number of nitrogens with zero attached hydrogens (tertiary/aromatic N) is 6. The van der Waals surface area contributed by atoms with Crippen LogP contribution in [0.4, 0.5) is 4.79 Å². The maximum absolute atomic E-state index is 12.7. The fraction of sp³-hybridized carbons (Fsp3) is 0.400. The van der Waals surface area contributed by atoms with E-state index in [0.717, 1.165) is 44.7 Å². The van der Waals surface area contributed by atoms with Crippen LogP contribution in [-0.2, 0) is 26.1 Å². The van der Waals surface area contributed by atoms with Gasteiger partial charge in [0.1, 0.15) is 6.33 Å². The smallest absolute Gasteiger partial charge is 0.318 e. The predicted molar refractivity (Wildman–Crippen MR) is 104 cm³/mol. The summed E-state index contributed by atoms with van der Waals surface area (Å²) in [6, 6.07) is 12.3. The van der Waals surface area contributed by atoms with Gasteiger partial charge < -0.3 is 14.8 Å². The van der Waals surface area contributed by atoms with Crippen LogP contribution in [0.5, 0.6) is 0 Å². The second-order valence-electron chi connectivity index (χ2n) is 7.05.